The van der Waals surface area contributed by atoms with E-state index in [1.807, 2.05) is 0 Å². The summed E-state index contributed by atoms with van der Waals surface area (Å²) in [5.74, 6) is -2.69. The Hall–Kier alpha value is -3.69. The third-order valence-electron chi connectivity index (χ3n) is 10.8. The lowest BCUT2D eigenvalue weighted by Gasteiger charge is -2.64. The second-order valence-corrected chi connectivity index (χ2v) is 15.2. The van der Waals surface area contributed by atoms with Crippen molar-refractivity contribution in [1.82, 2.24) is 20.4 Å². The Balaban J connectivity index is 1.40. The van der Waals surface area contributed by atoms with Crippen molar-refractivity contribution in [2.45, 2.75) is 97.0 Å². The van der Waals surface area contributed by atoms with Crippen LogP contribution in [0.25, 0.3) is 0 Å². The fourth-order valence-corrected chi connectivity index (χ4v) is 7.92. The highest BCUT2D eigenvalue weighted by Crippen LogP contribution is 2.65. The molecule has 268 valence electrons. The van der Waals surface area contributed by atoms with Crippen molar-refractivity contribution >= 4 is 36.8 Å². The van der Waals surface area contributed by atoms with Gasteiger partial charge >= 0.3 is 30.9 Å². The predicted molar refractivity (Wildman–Crippen MR) is 179 cm³/mol. The molecule has 0 unspecified atom stereocenters. The van der Waals surface area contributed by atoms with Crippen molar-refractivity contribution in [2.75, 3.05) is 33.3 Å². The van der Waals surface area contributed by atoms with E-state index < -0.39 is 60.0 Å². The number of hydrogen-bond donors (Lipinski definition) is 3. The molecule has 6 atom stereocenters. The fraction of sp³-hybridized carbons (Fsp3) is 0.676. The summed E-state index contributed by atoms with van der Waals surface area (Å²) in [4.78, 5) is 67.3. The first-order chi connectivity index (χ1) is 22.9. The number of benzene rings is 1. The van der Waals surface area contributed by atoms with Gasteiger partial charge in [0.05, 0.1) is 24.8 Å². The highest BCUT2D eigenvalue weighted by Gasteiger charge is 2.68. The molecule has 5 amide bonds. The number of carbonyl (C=O) groups is 5. The number of nitrogens with zero attached hydrogens (tertiary/aromatic N) is 2. The summed E-state index contributed by atoms with van der Waals surface area (Å²) in [6.45, 7) is 13.9. The van der Waals surface area contributed by atoms with E-state index in [4.69, 9.17) is 24.5 Å². The van der Waals surface area contributed by atoms with Gasteiger partial charge in [-0.15, -0.1) is 0 Å². The van der Waals surface area contributed by atoms with Crippen molar-refractivity contribution < 1.29 is 42.8 Å². The van der Waals surface area contributed by atoms with Crippen LogP contribution >= 0.6 is 0 Å². The van der Waals surface area contributed by atoms with Crippen LogP contribution in [0, 0.1) is 17.3 Å². The second kappa shape index (κ2) is 13.6. The SMILES string of the molecule is CCN1CCN(C(=O)N[C@H](CN)C(=O)N[C@@H](Cc2cccc(C(=O)OC(C)(C)C)c2OC)B2O[C@@H]3C[C@@H]4C[C@@H](C4(C)C)[C@]3(C)O2)C(=O)C1=O. The average molecular weight is 684 g/mol. The van der Waals surface area contributed by atoms with Crippen molar-refractivity contribution in [3.8, 4) is 5.75 Å². The van der Waals surface area contributed by atoms with Crippen molar-refractivity contribution in [3.63, 3.8) is 0 Å². The molecule has 1 aromatic rings. The van der Waals surface area contributed by atoms with Gasteiger partial charge in [-0.3, -0.25) is 19.3 Å². The van der Waals surface area contributed by atoms with E-state index in [0.717, 1.165) is 17.7 Å². The maximum absolute atomic E-state index is 13.8. The standard InChI is InChI=1S/C34H50BN5O9/c1-9-39-13-14-40(29(43)28(39)42)31(45)37-22(18-36)27(41)38-25(35-48-24-17-20-16-23(33(20,5)6)34(24,7)49-35)15-19-11-10-12-21(26(19)46-8)30(44)47-32(2,3)4/h10-12,20,22-25H,9,13-18,36H2,1-8H3,(H,37,45)(H,38,41)/t20-,22+,23-,24+,25-,34-/m0/s1. The van der Waals surface area contributed by atoms with Gasteiger partial charge in [-0.1, -0.05) is 26.0 Å². The monoisotopic (exact) mass is 683 g/mol. The maximum Gasteiger partial charge on any atom is 0.482 e. The van der Waals surface area contributed by atoms with Crippen molar-refractivity contribution in [2.24, 2.45) is 23.0 Å². The molecule has 2 bridgehead atoms. The van der Waals surface area contributed by atoms with E-state index >= 15 is 0 Å². The molecule has 2 heterocycles. The quantitative estimate of drug-likeness (QED) is 0.187. The van der Waals surface area contributed by atoms with Crippen LogP contribution in [-0.2, 0) is 34.9 Å². The molecule has 6 rings (SSSR count). The zero-order valence-corrected chi connectivity index (χ0v) is 29.8. The Bertz CT molecular complexity index is 1500. The first kappa shape index (κ1) is 36.6. The Morgan fingerprint density at radius 1 is 1.10 bits per heavy atom. The summed E-state index contributed by atoms with van der Waals surface area (Å²) < 4.78 is 24.7. The number of imide groups is 1. The fourth-order valence-electron chi connectivity index (χ4n) is 7.92. The van der Waals surface area contributed by atoms with E-state index in [9.17, 15) is 24.0 Å². The lowest BCUT2D eigenvalue weighted by molar-refractivity contribution is -0.199. The Morgan fingerprint density at radius 3 is 2.43 bits per heavy atom. The molecule has 14 nitrogen and oxygen atoms in total. The van der Waals surface area contributed by atoms with Gasteiger partial charge in [-0.2, -0.15) is 0 Å². The van der Waals surface area contributed by atoms with Crippen LogP contribution in [0.5, 0.6) is 5.75 Å². The minimum Gasteiger partial charge on any atom is -0.496 e. The Morgan fingerprint density at radius 2 is 1.82 bits per heavy atom. The van der Waals surface area contributed by atoms with Crippen molar-refractivity contribution in [3.05, 3.63) is 29.3 Å². The first-order valence-corrected chi connectivity index (χ1v) is 17.1. The van der Waals surface area contributed by atoms with E-state index in [1.165, 1.54) is 12.0 Å². The molecule has 2 saturated heterocycles. The number of nitrogens with one attached hydrogen (secondary N) is 2. The molecule has 0 radical (unpaired) electrons. The minimum absolute atomic E-state index is 0.0121. The second-order valence-electron chi connectivity index (χ2n) is 15.2. The molecule has 1 aromatic carbocycles. The van der Waals surface area contributed by atoms with Crippen LogP contribution in [0.4, 0.5) is 4.79 Å². The predicted octanol–water partition coefficient (Wildman–Crippen LogP) is 1.67. The van der Waals surface area contributed by atoms with Gasteiger partial charge in [-0.25, -0.2) is 9.59 Å². The number of rotatable bonds is 10. The van der Waals surface area contributed by atoms with Gasteiger partial charge in [0.15, 0.2) is 0 Å². The first-order valence-electron chi connectivity index (χ1n) is 17.1. The number of carbonyl (C=O) groups excluding carboxylic acids is 5. The smallest absolute Gasteiger partial charge is 0.482 e. The summed E-state index contributed by atoms with van der Waals surface area (Å²) in [6.07, 6.45) is 1.81. The molecule has 0 spiro atoms. The number of hydrogen-bond acceptors (Lipinski definition) is 10. The third kappa shape index (κ3) is 6.89. The molecular weight excluding hydrogens is 633 g/mol. The summed E-state index contributed by atoms with van der Waals surface area (Å²) in [5, 5.41) is 5.50. The third-order valence-corrected chi connectivity index (χ3v) is 10.8. The summed E-state index contributed by atoms with van der Waals surface area (Å²) in [7, 11) is 0.583. The molecular formula is C34H50BN5O9. The summed E-state index contributed by atoms with van der Waals surface area (Å²) >= 11 is 0. The number of nitrogens with two attached hydrogens (primary N) is 1. The molecule has 3 saturated carbocycles. The van der Waals surface area contributed by atoms with Crippen LogP contribution in [-0.4, -0.2) is 109 Å². The number of likely N-dealkylation sites (N-methyl/N-ethyl adjacent to an activating group) is 1. The lowest BCUT2D eigenvalue weighted by atomic mass is 9.43. The average Bonchev–Trinajstić information content (AvgIpc) is 3.40. The van der Waals surface area contributed by atoms with Gasteiger partial charge in [0, 0.05) is 26.2 Å². The number of urea groups is 1. The number of amides is 5. The zero-order valence-electron chi connectivity index (χ0n) is 29.8. The van der Waals surface area contributed by atoms with Gasteiger partial charge in [0.1, 0.15) is 23.0 Å². The van der Waals surface area contributed by atoms with E-state index in [1.54, 1.807) is 45.9 Å². The highest BCUT2D eigenvalue weighted by molar-refractivity contribution is 6.48. The summed E-state index contributed by atoms with van der Waals surface area (Å²) in [5.41, 5.74) is 5.57. The van der Waals surface area contributed by atoms with Crippen LogP contribution in [0.1, 0.15) is 77.2 Å². The van der Waals surface area contributed by atoms with Gasteiger partial charge < -0.3 is 40.0 Å². The van der Waals surface area contributed by atoms with E-state index in [-0.39, 0.29) is 49.1 Å². The molecule has 0 aromatic heterocycles. The van der Waals surface area contributed by atoms with Crippen LogP contribution in [0.2, 0.25) is 0 Å². The molecule has 5 aliphatic rings. The molecule has 49 heavy (non-hydrogen) atoms. The van der Waals surface area contributed by atoms with Gasteiger partial charge in [0.2, 0.25) is 5.91 Å². The van der Waals surface area contributed by atoms with Crippen LogP contribution < -0.4 is 21.1 Å². The highest BCUT2D eigenvalue weighted by atomic mass is 16.7. The molecule has 3 aliphatic carbocycles. The molecule has 2 aliphatic heterocycles. The minimum atomic E-state index is -1.25. The topological polar surface area (TPSA) is 179 Å². The van der Waals surface area contributed by atoms with Crippen LogP contribution in [0.3, 0.4) is 0 Å². The molecule has 4 N–H and O–H groups in total. The molecule has 5 fully saturated rings. The maximum atomic E-state index is 13.8. The van der Waals surface area contributed by atoms with Gasteiger partial charge in [-0.05, 0) is 82.8 Å². The number of para-hydroxylation sites is 1. The largest absolute Gasteiger partial charge is 0.496 e. The summed E-state index contributed by atoms with van der Waals surface area (Å²) in [6, 6.07) is 2.98. The van der Waals surface area contributed by atoms with Gasteiger partial charge in [0.25, 0.3) is 0 Å². The number of esters is 1. The number of methoxy groups -OCH3 is 1. The normalized spacial score (nSPS) is 27.1. The van der Waals surface area contributed by atoms with Crippen LogP contribution in [0.15, 0.2) is 18.2 Å². The van der Waals surface area contributed by atoms with E-state index in [0.29, 0.717) is 23.8 Å². The Labute approximate surface area is 288 Å². The van der Waals surface area contributed by atoms with E-state index in [2.05, 4.69) is 31.4 Å². The zero-order chi connectivity index (χ0) is 36.1. The number of piperazine rings is 1. The number of ether oxygens (including phenoxy) is 2. The Kier molecular flexibility index (Phi) is 10.1. The van der Waals surface area contributed by atoms with Crippen molar-refractivity contribution in [1.29, 1.82) is 0 Å². The lowest BCUT2D eigenvalue weighted by Crippen LogP contribution is -2.65. The molecule has 15 heteroatoms.